The molecule has 1 fully saturated rings. The highest BCUT2D eigenvalue weighted by Gasteiger charge is 2.34. The molecule has 29 heavy (non-hydrogen) atoms. The first-order valence-electron chi connectivity index (χ1n) is 9.04. The van der Waals surface area contributed by atoms with Gasteiger partial charge in [-0.05, 0) is 18.9 Å². The van der Waals surface area contributed by atoms with Crippen LogP contribution in [0.1, 0.15) is 19.3 Å². The average molecular weight is 443 g/mol. The number of fused-ring (bicyclic) bond motifs is 1. The molecule has 3 rings (SSSR count). The highest BCUT2D eigenvalue weighted by molar-refractivity contribution is 7.88. The summed E-state index contributed by atoms with van der Waals surface area (Å²) in [5.41, 5.74) is 0.652. The van der Waals surface area contributed by atoms with E-state index in [1.54, 1.807) is 17.7 Å². The first kappa shape index (κ1) is 21.6. The summed E-state index contributed by atoms with van der Waals surface area (Å²) in [7, 11) is -1.97. The maximum atomic E-state index is 12.9. The van der Waals surface area contributed by atoms with Gasteiger partial charge in [0.05, 0.1) is 28.0 Å². The van der Waals surface area contributed by atoms with Gasteiger partial charge in [0.25, 0.3) is 11.6 Å². The van der Waals surface area contributed by atoms with Gasteiger partial charge in [-0.1, -0.05) is 17.8 Å². The zero-order chi connectivity index (χ0) is 21.2. The minimum absolute atomic E-state index is 0.0500. The summed E-state index contributed by atoms with van der Waals surface area (Å²) in [5, 5.41) is 11.1. The van der Waals surface area contributed by atoms with Gasteiger partial charge >= 0.3 is 0 Å². The molecule has 0 spiro atoms. The van der Waals surface area contributed by atoms with Gasteiger partial charge in [-0.25, -0.2) is 8.42 Å². The number of thiazole rings is 1. The fraction of sp³-hybridized carbons (Fsp3) is 0.529. The lowest BCUT2D eigenvalue weighted by Gasteiger charge is -2.31. The normalized spacial score (nSPS) is 19.0. The Balaban J connectivity index is 2.07. The SMILES string of the molecule is COCCn1c(=NC(=O)C2CCCCN2S(C)(=O)=O)sc2cc([N+](=O)[O-])ccc21. The number of nitrogens with zero attached hydrogens (tertiary/aromatic N) is 4. The van der Waals surface area contributed by atoms with E-state index in [1.807, 2.05) is 0 Å². The number of aromatic nitrogens is 1. The van der Waals surface area contributed by atoms with Crippen molar-refractivity contribution >= 4 is 43.2 Å². The molecule has 2 aromatic rings. The van der Waals surface area contributed by atoms with Gasteiger partial charge in [-0.2, -0.15) is 9.30 Å². The Labute approximate surface area is 171 Å². The number of ether oxygens (including phenoxy) is 1. The van der Waals surface area contributed by atoms with Crippen molar-refractivity contribution in [3.8, 4) is 0 Å². The Morgan fingerprint density at radius 3 is 2.83 bits per heavy atom. The summed E-state index contributed by atoms with van der Waals surface area (Å²) in [6.45, 7) is 1.07. The van der Waals surface area contributed by atoms with Crippen molar-refractivity contribution in [1.82, 2.24) is 8.87 Å². The smallest absolute Gasteiger partial charge is 0.270 e. The van der Waals surface area contributed by atoms with Crippen molar-refractivity contribution < 1.29 is 22.9 Å². The number of non-ortho nitro benzene ring substituents is 1. The lowest BCUT2D eigenvalue weighted by atomic mass is 10.0. The van der Waals surface area contributed by atoms with Crippen molar-refractivity contribution in [1.29, 1.82) is 0 Å². The first-order chi connectivity index (χ1) is 13.7. The molecule has 0 saturated carbocycles. The third-order valence-electron chi connectivity index (χ3n) is 4.77. The fourth-order valence-electron chi connectivity index (χ4n) is 3.38. The highest BCUT2D eigenvalue weighted by atomic mass is 32.2. The Hall–Kier alpha value is -2.15. The molecule has 0 radical (unpaired) electrons. The lowest BCUT2D eigenvalue weighted by molar-refractivity contribution is -0.384. The van der Waals surface area contributed by atoms with E-state index in [0.717, 1.165) is 24.0 Å². The van der Waals surface area contributed by atoms with E-state index < -0.39 is 26.9 Å². The van der Waals surface area contributed by atoms with E-state index in [1.165, 1.54) is 16.4 Å². The van der Waals surface area contributed by atoms with Crippen molar-refractivity contribution in [3.05, 3.63) is 33.1 Å². The van der Waals surface area contributed by atoms with E-state index in [-0.39, 0.29) is 5.69 Å². The summed E-state index contributed by atoms with van der Waals surface area (Å²) in [6.07, 6.45) is 2.97. The fourth-order valence-corrected chi connectivity index (χ4v) is 5.59. The number of piperidine rings is 1. The van der Waals surface area contributed by atoms with Gasteiger partial charge < -0.3 is 9.30 Å². The van der Waals surface area contributed by atoms with Crippen LogP contribution < -0.4 is 4.80 Å². The number of hydrogen-bond acceptors (Lipinski definition) is 7. The number of amides is 1. The summed E-state index contributed by atoms with van der Waals surface area (Å²) < 4.78 is 32.8. The maximum absolute atomic E-state index is 12.9. The van der Waals surface area contributed by atoms with Gasteiger partial charge in [0, 0.05) is 32.3 Å². The molecule has 0 aliphatic carbocycles. The number of carbonyl (C=O) groups is 1. The molecule has 1 aromatic heterocycles. The Morgan fingerprint density at radius 2 is 2.17 bits per heavy atom. The van der Waals surface area contributed by atoms with Crippen molar-refractivity contribution in [2.45, 2.75) is 31.8 Å². The van der Waals surface area contributed by atoms with Gasteiger partial charge in [0.1, 0.15) is 6.04 Å². The molecule has 10 nitrogen and oxygen atoms in total. The van der Waals surface area contributed by atoms with Crippen LogP contribution in [-0.2, 0) is 26.1 Å². The molecular formula is C17H22N4O6S2. The van der Waals surface area contributed by atoms with E-state index in [4.69, 9.17) is 4.74 Å². The van der Waals surface area contributed by atoms with Crippen LogP contribution in [0.15, 0.2) is 23.2 Å². The minimum Gasteiger partial charge on any atom is -0.383 e. The predicted octanol–water partition coefficient (Wildman–Crippen LogP) is 1.50. The van der Waals surface area contributed by atoms with Crippen molar-refractivity contribution in [2.24, 2.45) is 4.99 Å². The van der Waals surface area contributed by atoms with Crippen LogP contribution in [0.4, 0.5) is 5.69 Å². The molecule has 0 bridgehead atoms. The molecule has 1 unspecified atom stereocenters. The summed E-state index contributed by atoms with van der Waals surface area (Å²) in [5.74, 6) is -0.526. The third-order valence-corrected chi connectivity index (χ3v) is 7.10. The molecular weight excluding hydrogens is 420 g/mol. The molecule has 1 aromatic carbocycles. The molecule has 158 valence electrons. The summed E-state index contributed by atoms with van der Waals surface area (Å²) in [6, 6.07) is 3.63. The van der Waals surface area contributed by atoms with Crippen molar-refractivity contribution in [2.75, 3.05) is 26.5 Å². The number of nitro benzene ring substituents is 1. The quantitative estimate of drug-likeness (QED) is 0.493. The Bertz CT molecular complexity index is 1100. The molecule has 1 aliphatic heterocycles. The second kappa shape index (κ2) is 8.69. The van der Waals surface area contributed by atoms with Crippen LogP contribution in [0.2, 0.25) is 0 Å². The predicted molar refractivity (Wildman–Crippen MR) is 108 cm³/mol. The number of benzene rings is 1. The molecule has 1 aliphatic rings. The van der Waals surface area contributed by atoms with Crippen molar-refractivity contribution in [3.63, 3.8) is 0 Å². The number of methoxy groups -OCH3 is 1. The molecule has 1 saturated heterocycles. The van der Waals surface area contributed by atoms with Gasteiger partial charge in [-0.15, -0.1) is 0 Å². The van der Waals surface area contributed by atoms with E-state index >= 15 is 0 Å². The van der Waals surface area contributed by atoms with Gasteiger partial charge in [0.15, 0.2) is 4.80 Å². The van der Waals surface area contributed by atoms with E-state index in [0.29, 0.717) is 47.6 Å². The Kier molecular flexibility index (Phi) is 6.46. The largest absolute Gasteiger partial charge is 0.383 e. The lowest BCUT2D eigenvalue weighted by Crippen LogP contribution is -2.47. The minimum atomic E-state index is -3.52. The second-order valence-corrected chi connectivity index (χ2v) is 9.72. The van der Waals surface area contributed by atoms with Crippen LogP contribution in [0.5, 0.6) is 0 Å². The summed E-state index contributed by atoms with van der Waals surface area (Å²) >= 11 is 1.15. The zero-order valence-electron chi connectivity index (χ0n) is 16.1. The number of nitro groups is 1. The topological polar surface area (TPSA) is 124 Å². The van der Waals surface area contributed by atoms with Crippen LogP contribution in [-0.4, -0.2) is 60.7 Å². The van der Waals surface area contributed by atoms with Gasteiger partial charge in [0.2, 0.25) is 10.0 Å². The standard InChI is InChI=1S/C17H22N4O6S2/c1-27-10-9-19-13-7-6-12(21(23)24)11-15(13)28-17(19)18-16(22)14-5-3-4-8-20(14)29(2,25)26/h6-7,11,14H,3-5,8-10H2,1-2H3. The number of sulfonamides is 1. The molecule has 1 amide bonds. The van der Waals surface area contributed by atoms with Crippen LogP contribution in [0.25, 0.3) is 10.2 Å². The molecule has 0 N–H and O–H groups in total. The van der Waals surface area contributed by atoms with Crippen LogP contribution in [0, 0.1) is 10.1 Å². The number of rotatable bonds is 6. The van der Waals surface area contributed by atoms with Crippen LogP contribution >= 0.6 is 11.3 Å². The second-order valence-electron chi connectivity index (χ2n) is 6.77. The van der Waals surface area contributed by atoms with E-state index in [2.05, 4.69) is 4.99 Å². The number of carbonyl (C=O) groups excluding carboxylic acids is 1. The zero-order valence-corrected chi connectivity index (χ0v) is 17.7. The van der Waals surface area contributed by atoms with Gasteiger partial charge in [-0.3, -0.25) is 14.9 Å². The molecule has 2 heterocycles. The molecule has 12 heteroatoms. The maximum Gasteiger partial charge on any atom is 0.270 e. The van der Waals surface area contributed by atoms with Crippen LogP contribution in [0.3, 0.4) is 0 Å². The van der Waals surface area contributed by atoms with E-state index in [9.17, 15) is 23.3 Å². The third kappa shape index (κ3) is 4.71. The molecule has 1 atom stereocenters. The highest BCUT2D eigenvalue weighted by Crippen LogP contribution is 2.24. The monoisotopic (exact) mass is 442 g/mol. The first-order valence-corrected chi connectivity index (χ1v) is 11.7. The number of hydrogen-bond donors (Lipinski definition) is 0. The average Bonchev–Trinajstić information content (AvgIpc) is 3.01. The summed E-state index contributed by atoms with van der Waals surface area (Å²) in [4.78, 5) is 28.1. The Morgan fingerprint density at radius 1 is 1.41 bits per heavy atom.